The van der Waals surface area contributed by atoms with Gasteiger partial charge in [0.1, 0.15) is 0 Å². The lowest BCUT2D eigenvalue weighted by Gasteiger charge is -2.15. The van der Waals surface area contributed by atoms with Gasteiger partial charge in [-0.2, -0.15) is 5.10 Å². The molecule has 3 atom stereocenters. The molecule has 1 aromatic carbocycles. The lowest BCUT2D eigenvalue weighted by Crippen LogP contribution is -2.22. The van der Waals surface area contributed by atoms with Crippen LogP contribution in [0.1, 0.15) is 45.1 Å². The standard InChI is InChI=1S/C18H23N3O5/c1-3-26-14-9-11(8-13(16(14)22)21(24)25)10-19-20-17(23)15-12-6-4-5-7-18(12,15)2/h8-10,12,15,22H,3-7H2,1-2H3,(H,20,23)/b19-10-/t12-,15+,18-/m1/s1. The number of phenolic OH excluding ortho intramolecular Hbond substituents is 1. The van der Waals surface area contributed by atoms with Gasteiger partial charge in [0, 0.05) is 17.5 Å². The van der Waals surface area contributed by atoms with Crippen LogP contribution in [0.25, 0.3) is 0 Å². The van der Waals surface area contributed by atoms with E-state index in [0.717, 1.165) is 19.3 Å². The van der Waals surface area contributed by atoms with Gasteiger partial charge in [-0.1, -0.05) is 19.8 Å². The highest BCUT2D eigenvalue weighted by Crippen LogP contribution is 2.66. The minimum Gasteiger partial charge on any atom is -0.500 e. The first kappa shape index (κ1) is 18.2. The number of aromatic hydroxyl groups is 1. The third-order valence-corrected chi connectivity index (χ3v) is 5.58. The molecule has 0 bridgehead atoms. The molecule has 1 amide bonds. The number of phenols is 1. The molecule has 2 N–H and O–H groups in total. The molecular weight excluding hydrogens is 338 g/mol. The maximum Gasteiger partial charge on any atom is 0.315 e. The van der Waals surface area contributed by atoms with E-state index in [2.05, 4.69) is 17.5 Å². The minimum absolute atomic E-state index is 0.00436. The molecule has 140 valence electrons. The Bertz CT molecular complexity index is 763. The molecule has 0 unspecified atom stereocenters. The average Bonchev–Trinajstić information content (AvgIpc) is 3.23. The smallest absolute Gasteiger partial charge is 0.315 e. The second-order valence-corrected chi connectivity index (χ2v) is 7.15. The van der Waals surface area contributed by atoms with Crippen molar-refractivity contribution in [3.05, 3.63) is 27.8 Å². The van der Waals surface area contributed by atoms with E-state index in [9.17, 15) is 20.0 Å². The summed E-state index contributed by atoms with van der Waals surface area (Å²) in [6, 6.07) is 2.63. The van der Waals surface area contributed by atoms with Gasteiger partial charge in [-0.25, -0.2) is 5.43 Å². The summed E-state index contributed by atoms with van der Waals surface area (Å²) in [7, 11) is 0. The Morgan fingerprint density at radius 2 is 2.31 bits per heavy atom. The molecule has 8 heteroatoms. The molecule has 0 heterocycles. The van der Waals surface area contributed by atoms with E-state index in [1.807, 2.05) is 0 Å². The SMILES string of the molecule is CCOc1cc(/C=N\NC(=O)[C@@H]2[C@H]3CCCC[C@]32C)cc([N+](=O)[O-])c1O. The van der Waals surface area contributed by atoms with Crippen LogP contribution in [-0.2, 0) is 4.79 Å². The fourth-order valence-electron chi connectivity index (χ4n) is 4.18. The van der Waals surface area contributed by atoms with Crippen molar-refractivity contribution in [3.63, 3.8) is 0 Å². The number of ether oxygens (including phenoxy) is 1. The molecule has 2 saturated carbocycles. The van der Waals surface area contributed by atoms with Crippen molar-refractivity contribution in [1.29, 1.82) is 0 Å². The van der Waals surface area contributed by atoms with Crippen molar-refractivity contribution in [2.75, 3.05) is 6.61 Å². The van der Waals surface area contributed by atoms with Gasteiger partial charge < -0.3 is 9.84 Å². The summed E-state index contributed by atoms with van der Waals surface area (Å²) in [6.07, 6.45) is 5.81. The summed E-state index contributed by atoms with van der Waals surface area (Å²) in [6.45, 7) is 4.12. The van der Waals surface area contributed by atoms with Crippen molar-refractivity contribution in [1.82, 2.24) is 5.43 Å². The topological polar surface area (TPSA) is 114 Å². The van der Waals surface area contributed by atoms with Crippen molar-refractivity contribution in [2.24, 2.45) is 22.4 Å². The first-order valence-electron chi connectivity index (χ1n) is 8.85. The number of nitro benzene ring substituents is 1. The number of rotatable bonds is 6. The van der Waals surface area contributed by atoms with Gasteiger partial charge in [0.05, 0.1) is 17.7 Å². The molecule has 1 aromatic rings. The first-order valence-corrected chi connectivity index (χ1v) is 8.85. The van der Waals surface area contributed by atoms with E-state index >= 15 is 0 Å². The molecular formula is C18H23N3O5. The fourth-order valence-corrected chi connectivity index (χ4v) is 4.18. The predicted molar refractivity (Wildman–Crippen MR) is 95.2 cm³/mol. The van der Waals surface area contributed by atoms with Crippen molar-refractivity contribution in [3.8, 4) is 11.5 Å². The summed E-state index contributed by atoms with van der Waals surface area (Å²) in [5.74, 6) is -0.182. The number of carbonyl (C=O) groups excluding carboxylic acids is 1. The molecule has 2 aliphatic rings. The highest BCUT2D eigenvalue weighted by molar-refractivity contribution is 5.87. The molecule has 0 aromatic heterocycles. The second-order valence-electron chi connectivity index (χ2n) is 7.15. The van der Waals surface area contributed by atoms with Gasteiger partial charge in [-0.3, -0.25) is 14.9 Å². The molecule has 3 rings (SSSR count). The number of fused-ring (bicyclic) bond motifs is 1. The predicted octanol–water partition coefficient (Wildman–Crippen LogP) is 2.98. The van der Waals surface area contributed by atoms with Gasteiger partial charge in [-0.05, 0) is 37.2 Å². The second kappa shape index (κ2) is 6.93. The third-order valence-electron chi connectivity index (χ3n) is 5.58. The highest BCUT2D eigenvalue weighted by Gasteiger charge is 2.64. The monoisotopic (exact) mass is 361 g/mol. The molecule has 2 fully saturated rings. The molecule has 0 aliphatic heterocycles. The molecule has 0 spiro atoms. The summed E-state index contributed by atoms with van der Waals surface area (Å²) in [5.41, 5.74) is 2.53. The Balaban J connectivity index is 1.70. The maximum atomic E-state index is 12.4. The normalized spacial score (nSPS) is 27.0. The van der Waals surface area contributed by atoms with Gasteiger partial charge in [0.15, 0.2) is 5.75 Å². The molecule has 8 nitrogen and oxygen atoms in total. The number of nitro groups is 1. The molecule has 2 aliphatic carbocycles. The van der Waals surface area contributed by atoms with E-state index in [-0.39, 0.29) is 29.6 Å². The summed E-state index contributed by atoms with van der Waals surface area (Å²) >= 11 is 0. The van der Waals surface area contributed by atoms with Gasteiger partial charge in [-0.15, -0.1) is 0 Å². The Morgan fingerprint density at radius 1 is 1.54 bits per heavy atom. The fraction of sp³-hybridized carbons (Fsp3) is 0.556. The van der Waals surface area contributed by atoms with Crippen LogP contribution < -0.4 is 10.2 Å². The summed E-state index contributed by atoms with van der Waals surface area (Å²) in [4.78, 5) is 22.7. The van der Waals surface area contributed by atoms with Crippen LogP contribution in [0, 0.1) is 27.4 Å². The van der Waals surface area contributed by atoms with Crippen molar-refractivity contribution in [2.45, 2.75) is 39.5 Å². The maximum absolute atomic E-state index is 12.4. The van der Waals surface area contributed by atoms with Crippen LogP contribution in [0.2, 0.25) is 0 Å². The lowest BCUT2D eigenvalue weighted by molar-refractivity contribution is -0.386. The largest absolute Gasteiger partial charge is 0.500 e. The third kappa shape index (κ3) is 3.23. The highest BCUT2D eigenvalue weighted by atomic mass is 16.6. The number of hydrazone groups is 1. The zero-order valence-electron chi connectivity index (χ0n) is 14.9. The van der Waals surface area contributed by atoms with Crippen LogP contribution in [0.15, 0.2) is 17.2 Å². The van der Waals surface area contributed by atoms with E-state index in [4.69, 9.17) is 4.74 Å². The Morgan fingerprint density at radius 3 is 2.92 bits per heavy atom. The van der Waals surface area contributed by atoms with E-state index in [1.54, 1.807) is 6.92 Å². The summed E-state index contributed by atoms with van der Waals surface area (Å²) in [5, 5.41) is 24.9. The number of amides is 1. The number of nitrogens with one attached hydrogen (secondary N) is 1. The molecule has 0 saturated heterocycles. The number of nitrogens with zero attached hydrogens (tertiary/aromatic N) is 2. The van der Waals surface area contributed by atoms with Crippen LogP contribution >= 0.6 is 0 Å². The zero-order chi connectivity index (χ0) is 18.9. The van der Waals surface area contributed by atoms with Crippen molar-refractivity contribution < 1.29 is 19.6 Å². The summed E-state index contributed by atoms with van der Waals surface area (Å²) < 4.78 is 5.22. The molecule has 0 radical (unpaired) electrons. The average molecular weight is 361 g/mol. The van der Waals surface area contributed by atoms with Gasteiger partial charge in [0.2, 0.25) is 11.7 Å². The number of hydrogen-bond acceptors (Lipinski definition) is 6. The van der Waals surface area contributed by atoms with E-state index < -0.39 is 16.4 Å². The lowest BCUT2D eigenvalue weighted by atomic mass is 9.90. The van der Waals surface area contributed by atoms with E-state index in [0.29, 0.717) is 11.5 Å². The van der Waals surface area contributed by atoms with E-state index in [1.165, 1.54) is 24.8 Å². The zero-order valence-corrected chi connectivity index (χ0v) is 14.9. The Kier molecular flexibility index (Phi) is 4.84. The van der Waals surface area contributed by atoms with Crippen LogP contribution in [0.4, 0.5) is 5.69 Å². The Hall–Kier alpha value is -2.64. The molecule has 26 heavy (non-hydrogen) atoms. The van der Waals surface area contributed by atoms with Crippen LogP contribution in [0.3, 0.4) is 0 Å². The van der Waals surface area contributed by atoms with Gasteiger partial charge in [0.25, 0.3) is 0 Å². The quantitative estimate of drug-likeness (QED) is 0.459. The van der Waals surface area contributed by atoms with Crippen LogP contribution in [-0.4, -0.2) is 28.8 Å². The number of hydrogen-bond donors (Lipinski definition) is 2. The number of benzene rings is 1. The number of carbonyl (C=O) groups is 1. The Labute approximate surface area is 151 Å². The van der Waals surface area contributed by atoms with Crippen molar-refractivity contribution >= 4 is 17.8 Å². The first-order chi connectivity index (χ1) is 12.4. The van der Waals surface area contributed by atoms with Crippen LogP contribution in [0.5, 0.6) is 11.5 Å². The minimum atomic E-state index is -0.691. The van der Waals surface area contributed by atoms with Gasteiger partial charge >= 0.3 is 5.69 Å².